The summed E-state index contributed by atoms with van der Waals surface area (Å²) in [5, 5.41) is 0.904. The average Bonchev–Trinajstić information content (AvgIpc) is 2.69. The molecule has 140 valence electrons. The monoisotopic (exact) mass is 394 g/mol. The van der Waals surface area contributed by atoms with Crippen molar-refractivity contribution >= 4 is 28.5 Å². The van der Waals surface area contributed by atoms with Crippen molar-refractivity contribution in [3.63, 3.8) is 0 Å². The van der Waals surface area contributed by atoms with Crippen LogP contribution in [0.3, 0.4) is 0 Å². The first-order valence-electron chi connectivity index (χ1n) is 8.39. The highest BCUT2D eigenvalue weighted by molar-refractivity contribution is 6.33. The molecule has 2 aromatic carbocycles. The highest BCUT2D eigenvalue weighted by atomic mass is 35.5. The molecule has 28 heavy (non-hydrogen) atoms. The zero-order chi connectivity index (χ0) is 19.8. The summed E-state index contributed by atoms with van der Waals surface area (Å²) in [6.07, 6.45) is 0. The Bertz CT molecular complexity index is 1330. The summed E-state index contributed by atoms with van der Waals surface area (Å²) < 4.78 is 2.49. The summed E-state index contributed by atoms with van der Waals surface area (Å²) in [7, 11) is 1.44. The second-order valence-electron chi connectivity index (χ2n) is 6.16. The fourth-order valence-corrected chi connectivity index (χ4v) is 3.23. The van der Waals surface area contributed by atoms with Crippen LogP contribution < -0.4 is 17.0 Å². The summed E-state index contributed by atoms with van der Waals surface area (Å²) in [5.74, 6) is 0.616. The molecule has 0 aliphatic heterocycles. The molecule has 4 aromatic rings. The highest BCUT2D eigenvalue weighted by Gasteiger charge is 2.14. The van der Waals surface area contributed by atoms with Gasteiger partial charge in [-0.05, 0) is 24.3 Å². The number of nitrogen functional groups attached to an aromatic ring is 1. The standard InChI is InChI=1S/C19H15ClN6O2/c1-25-17(27)12-7-3-5-9-14(12)26(19(25)28)10-15-22-16(24-18(21)23-15)11-6-2-4-8-13(11)20/h2-9H,10H2,1H3,(H2,21,22,23,24). The first kappa shape index (κ1) is 17.9. The van der Waals surface area contributed by atoms with Gasteiger partial charge in [-0.2, -0.15) is 9.97 Å². The average molecular weight is 395 g/mol. The SMILES string of the molecule is Cn1c(=O)c2ccccc2n(Cc2nc(N)nc(-c3ccccc3Cl)n2)c1=O. The van der Waals surface area contributed by atoms with Crippen LogP contribution in [-0.4, -0.2) is 24.1 Å². The fraction of sp³-hybridized carbons (Fsp3) is 0.105. The van der Waals surface area contributed by atoms with E-state index in [2.05, 4.69) is 15.0 Å². The molecule has 0 spiro atoms. The number of fused-ring (bicyclic) bond motifs is 1. The molecule has 8 nitrogen and oxygen atoms in total. The van der Waals surface area contributed by atoms with Gasteiger partial charge in [-0.15, -0.1) is 0 Å². The van der Waals surface area contributed by atoms with Crippen molar-refractivity contribution < 1.29 is 0 Å². The minimum atomic E-state index is -0.470. The van der Waals surface area contributed by atoms with Crippen molar-refractivity contribution in [1.82, 2.24) is 24.1 Å². The predicted octanol–water partition coefficient (Wildman–Crippen LogP) is 1.84. The third-order valence-corrected chi connectivity index (χ3v) is 4.69. The van der Waals surface area contributed by atoms with E-state index in [-0.39, 0.29) is 23.9 Å². The van der Waals surface area contributed by atoms with Crippen molar-refractivity contribution in [3.05, 3.63) is 80.2 Å². The number of aromatic nitrogens is 5. The van der Waals surface area contributed by atoms with Crippen LogP contribution in [-0.2, 0) is 13.6 Å². The van der Waals surface area contributed by atoms with E-state index in [4.69, 9.17) is 17.3 Å². The number of rotatable bonds is 3. The van der Waals surface area contributed by atoms with Gasteiger partial charge < -0.3 is 5.73 Å². The molecule has 0 fully saturated rings. The number of hydrogen-bond donors (Lipinski definition) is 1. The zero-order valence-corrected chi connectivity index (χ0v) is 15.6. The Morgan fingerprint density at radius 3 is 2.50 bits per heavy atom. The molecule has 0 atom stereocenters. The molecule has 0 bridgehead atoms. The van der Waals surface area contributed by atoms with E-state index in [1.54, 1.807) is 42.5 Å². The topological polar surface area (TPSA) is 109 Å². The summed E-state index contributed by atoms with van der Waals surface area (Å²) in [6, 6.07) is 14.0. The van der Waals surface area contributed by atoms with Gasteiger partial charge in [-0.1, -0.05) is 35.9 Å². The minimum absolute atomic E-state index is 0.0158. The highest BCUT2D eigenvalue weighted by Crippen LogP contribution is 2.25. The largest absolute Gasteiger partial charge is 0.368 e. The lowest BCUT2D eigenvalue weighted by molar-refractivity contribution is 0.653. The number of hydrogen-bond acceptors (Lipinski definition) is 6. The van der Waals surface area contributed by atoms with Crippen LogP contribution >= 0.6 is 11.6 Å². The second kappa shape index (κ2) is 6.90. The molecule has 0 amide bonds. The molecular formula is C19H15ClN6O2. The second-order valence-corrected chi connectivity index (χ2v) is 6.57. The molecule has 2 heterocycles. The van der Waals surface area contributed by atoms with Gasteiger partial charge in [0.15, 0.2) is 11.6 Å². The summed E-state index contributed by atoms with van der Waals surface area (Å²) >= 11 is 6.23. The van der Waals surface area contributed by atoms with Crippen molar-refractivity contribution in [3.8, 4) is 11.4 Å². The summed E-state index contributed by atoms with van der Waals surface area (Å²) in [5.41, 5.74) is 6.13. The third kappa shape index (κ3) is 3.03. The molecule has 2 aromatic heterocycles. The van der Waals surface area contributed by atoms with E-state index in [0.29, 0.717) is 27.3 Å². The first-order chi connectivity index (χ1) is 13.5. The normalized spacial score (nSPS) is 11.1. The maximum Gasteiger partial charge on any atom is 0.331 e. The van der Waals surface area contributed by atoms with Crippen molar-refractivity contribution in [2.24, 2.45) is 7.05 Å². The Labute approximate surface area is 163 Å². The van der Waals surface area contributed by atoms with Crippen LogP contribution in [0.15, 0.2) is 58.1 Å². The predicted molar refractivity (Wildman–Crippen MR) is 107 cm³/mol. The maximum atomic E-state index is 12.7. The number of nitrogens with zero attached hydrogens (tertiary/aromatic N) is 5. The Morgan fingerprint density at radius 1 is 1.00 bits per heavy atom. The quantitative estimate of drug-likeness (QED) is 0.568. The lowest BCUT2D eigenvalue weighted by Gasteiger charge is -2.12. The lowest BCUT2D eigenvalue weighted by atomic mass is 10.2. The lowest BCUT2D eigenvalue weighted by Crippen LogP contribution is -2.38. The molecule has 0 saturated carbocycles. The fourth-order valence-electron chi connectivity index (χ4n) is 3.01. The van der Waals surface area contributed by atoms with Crippen LogP contribution in [0.2, 0.25) is 5.02 Å². The number of nitrogens with two attached hydrogens (primary N) is 1. The molecule has 0 saturated heterocycles. The van der Waals surface area contributed by atoms with Gasteiger partial charge in [0.05, 0.1) is 22.5 Å². The summed E-state index contributed by atoms with van der Waals surface area (Å²) in [6.45, 7) is 0.0254. The van der Waals surface area contributed by atoms with E-state index < -0.39 is 5.69 Å². The van der Waals surface area contributed by atoms with Gasteiger partial charge in [0.2, 0.25) is 5.95 Å². The van der Waals surface area contributed by atoms with E-state index in [0.717, 1.165) is 4.57 Å². The Kier molecular flexibility index (Phi) is 4.40. The number of benzene rings is 2. The van der Waals surface area contributed by atoms with E-state index in [1.165, 1.54) is 11.6 Å². The third-order valence-electron chi connectivity index (χ3n) is 4.36. The summed E-state index contributed by atoms with van der Waals surface area (Å²) in [4.78, 5) is 37.8. The Hall–Kier alpha value is -3.52. The van der Waals surface area contributed by atoms with Crippen LogP contribution in [0.4, 0.5) is 5.95 Å². The van der Waals surface area contributed by atoms with Gasteiger partial charge in [-0.3, -0.25) is 13.9 Å². The van der Waals surface area contributed by atoms with E-state index >= 15 is 0 Å². The molecule has 2 N–H and O–H groups in total. The van der Waals surface area contributed by atoms with Crippen LogP contribution in [0.1, 0.15) is 5.82 Å². The Morgan fingerprint density at radius 2 is 1.71 bits per heavy atom. The molecular weight excluding hydrogens is 380 g/mol. The minimum Gasteiger partial charge on any atom is -0.368 e. The van der Waals surface area contributed by atoms with Gasteiger partial charge in [0, 0.05) is 12.6 Å². The van der Waals surface area contributed by atoms with Crippen LogP contribution in [0.5, 0.6) is 0 Å². The molecule has 0 radical (unpaired) electrons. The van der Waals surface area contributed by atoms with Crippen molar-refractivity contribution in [2.75, 3.05) is 5.73 Å². The van der Waals surface area contributed by atoms with Gasteiger partial charge in [0.25, 0.3) is 5.56 Å². The van der Waals surface area contributed by atoms with E-state index in [9.17, 15) is 9.59 Å². The zero-order valence-electron chi connectivity index (χ0n) is 14.8. The molecule has 0 aliphatic carbocycles. The maximum absolute atomic E-state index is 12.7. The molecule has 0 aliphatic rings. The van der Waals surface area contributed by atoms with Crippen molar-refractivity contribution in [2.45, 2.75) is 6.54 Å². The van der Waals surface area contributed by atoms with Gasteiger partial charge in [0.1, 0.15) is 0 Å². The van der Waals surface area contributed by atoms with Gasteiger partial charge >= 0.3 is 5.69 Å². The number of halogens is 1. The van der Waals surface area contributed by atoms with E-state index in [1.807, 2.05) is 6.07 Å². The van der Waals surface area contributed by atoms with Crippen LogP contribution in [0, 0.1) is 0 Å². The molecule has 9 heteroatoms. The smallest absolute Gasteiger partial charge is 0.331 e. The van der Waals surface area contributed by atoms with Gasteiger partial charge in [-0.25, -0.2) is 9.78 Å². The molecule has 0 unspecified atom stereocenters. The van der Waals surface area contributed by atoms with Crippen molar-refractivity contribution in [1.29, 1.82) is 0 Å². The molecule has 4 rings (SSSR count). The number of para-hydroxylation sites is 1. The number of anilines is 1. The Balaban J connectivity index is 1.89. The first-order valence-corrected chi connectivity index (χ1v) is 8.77. The van der Waals surface area contributed by atoms with Crippen LogP contribution in [0.25, 0.3) is 22.3 Å².